The number of ether oxygens (including phenoxy) is 1. The van der Waals surface area contributed by atoms with Gasteiger partial charge in [-0.1, -0.05) is 11.6 Å². The maximum Gasteiger partial charge on any atom is 0.266 e. The molecule has 0 radical (unpaired) electrons. The molecule has 0 bridgehead atoms. The van der Waals surface area contributed by atoms with Crippen molar-refractivity contribution < 1.29 is 9.53 Å². The van der Waals surface area contributed by atoms with E-state index in [1.807, 2.05) is 6.07 Å². The van der Waals surface area contributed by atoms with E-state index in [-0.39, 0.29) is 5.91 Å². The number of amides is 1. The highest BCUT2D eigenvalue weighted by molar-refractivity contribution is 6.30. The summed E-state index contributed by atoms with van der Waals surface area (Å²) in [4.78, 5) is 16.9. The molecule has 1 amide bonds. The number of carbonyl (C=O) groups excluding carboxylic acids is 1. The van der Waals surface area contributed by atoms with E-state index in [4.69, 9.17) is 22.1 Å². The zero-order valence-electron chi connectivity index (χ0n) is 16.0. The summed E-state index contributed by atoms with van der Waals surface area (Å²) < 4.78 is 5.91. The van der Waals surface area contributed by atoms with Gasteiger partial charge in [0.25, 0.3) is 5.91 Å². The lowest BCUT2D eigenvalue weighted by Crippen LogP contribution is -2.55. The predicted molar refractivity (Wildman–Crippen MR) is 111 cm³/mol. The maximum atomic E-state index is 13.0. The van der Waals surface area contributed by atoms with Gasteiger partial charge in [0.05, 0.1) is 11.3 Å². The zero-order valence-corrected chi connectivity index (χ0v) is 16.7. The first-order valence-corrected chi connectivity index (χ1v) is 9.46. The minimum absolute atomic E-state index is 0.0695. The summed E-state index contributed by atoms with van der Waals surface area (Å²) in [5.74, 6) is 0.529. The highest BCUT2D eigenvalue weighted by Gasteiger charge is 2.36. The molecular weight excluding hydrogens is 376 g/mol. The Balaban J connectivity index is 1.64. The number of nitrogen functional groups attached to an aromatic ring is 1. The van der Waals surface area contributed by atoms with Gasteiger partial charge in [-0.15, -0.1) is 0 Å². The number of anilines is 2. The van der Waals surface area contributed by atoms with Gasteiger partial charge in [-0.3, -0.25) is 4.79 Å². The largest absolute Gasteiger partial charge is 0.478 e. The number of rotatable bonds is 4. The van der Waals surface area contributed by atoms with Crippen molar-refractivity contribution in [1.29, 1.82) is 5.26 Å². The normalized spacial score (nSPS) is 14.5. The molecular formula is C21H23ClN4O2. The second kappa shape index (κ2) is 7.99. The number of nitrogens with two attached hydrogens (primary N) is 1. The van der Waals surface area contributed by atoms with Crippen molar-refractivity contribution in [3.8, 4) is 11.8 Å². The third kappa shape index (κ3) is 4.32. The number of hydrogen-bond donors (Lipinski definition) is 1. The minimum atomic E-state index is -0.991. The Hall–Kier alpha value is -2.91. The second-order valence-corrected chi connectivity index (χ2v) is 7.67. The summed E-state index contributed by atoms with van der Waals surface area (Å²) >= 11 is 5.90. The van der Waals surface area contributed by atoms with Crippen LogP contribution in [0.1, 0.15) is 19.4 Å². The smallest absolute Gasteiger partial charge is 0.266 e. The molecule has 3 rings (SSSR count). The lowest BCUT2D eigenvalue weighted by Gasteiger charge is -2.39. The van der Waals surface area contributed by atoms with Crippen LogP contribution in [-0.2, 0) is 4.79 Å². The molecule has 1 fully saturated rings. The van der Waals surface area contributed by atoms with Gasteiger partial charge in [0.1, 0.15) is 11.8 Å². The van der Waals surface area contributed by atoms with Gasteiger partial charge in [0.15, 0.2) is 5.60 Å². The molecule has 1 heterocycles. The van der Waals surface area contributed by atoms with Gasteiger partial charge in [-0.2, -0.15) is 5.26 Å². The molecule has 6 nitrogen and oxygen atoms in total. The van der Waals surface area contributed by atoms with Crippen molar-refractivity contribution in [3.05, 3.63) is 53.1 Å². The first-order valence-electron chi connectivity index (χ1n) is 9.09. The fraction of sp³-hybridized carbons (Fsp3) is 0.333. The Kier molecular flexibility index (Phi) is 5.66. The van der Waals surface area contributed by atoms with Crippen LogP contribution in [0.25, 0.3) is 0 Å². The SMILES string of the molecule is CC(C)(Oc1ccc(Cl)cc1)C(=O)N1CCN(c2ccc(N)cc2C#N)CC1. The molecule has 7 heteroatoms. The van der Waals surface area contributed by atoms with Crippen LogP contribution >= 0.6 is 11.6 Å². The van der Waals surface area contributed by atoms with E-state index in [0.717, 1.165) is 5.69 Å². The molecule has 2 aromatic carbocycles. The van der Waals surface area contributed by atoms with Gasteiger partial charge < -0.3 is 20.3 Å². The molecule has 1 saturated heterocycles. The number of nitrogens with zero attached hydrogens (tertiary/aromatic N) is 3. The molecule has 28 heavy (non-hydrogen) atoms. The molecule has 1 aliphatic rings. The van der Waals surface area contributed by atoms with Crippen LogP contribution in [-0.4, -0.2) is 42.6 Å². The van der Waals surface area contributed by atoms with Crippen LogP contribution < -0.4 is 15.4 Å². The van der Waals surface area contributed by atoms with Gasteiger partial charge in [0, 0.05) is 36.9 Å². The van der Waals surface area contributed by atoms with E-state index in [1.165, 1.54) is 0 Å². The number of piperazine rings is 1. The van der Waals surface area contributed by atoms with Crippen LogP contribution in [0.15, 0.2) is 42.5 Å². The lowest BCUT2D eigenvalue weighted by atomic mass is 10.1. The monoisotopic (exact) mass is 398 g/mol. The topological polar surface area (TPSA) is 82.6 Å². The van der Waals surface area contributed by atoms with Gasteiger partial charge in [-0.05, 0) is 56.3 Å². The Morgan fingerprint density at radius 2 is 1.79 bits per heavy atom. The molecule has 0 aromatic heterocycles. The summed E-state index contributed by atoms with van der Waals surface area (Å²) in [5.41, 5.74) is 6.74. The van der Waals surface area contributed by atoms with E-state index in [0.29, 0.717) is 48.2 Å². The fourth-order valence-corrected chi connectivity index (χ4v) is 3.42. The van der Waals surface area contributed by atoms with E-state index in [9.17, 15) is 10.1 Å². The summed E-state index contributed by atoms with van der Waals surface area (Å²) in [6.07, 6.45) is 0. The van der Waals surface area contributed by atoms with Gasteiger partial charge in [-0.25, -0.2) is 0 Å². The predicted octanol–water partition coefficient (Wildman–Crippen LogP) is 3.30. The average Bonchev–Trinajstić information content (AvgIpc) is 2.69. The molecule has 0 aliphatic carbocycles. The van der Waals surface area contributed by atoms with Crippen LogP contribution in [0.2, 0.25) is 5.02 Å². The molecule has 0 unspecified atom stereocenters. The first-order chi connectivity index (χ1) is 13.3. The van der Waals surface area contributed by atoms with Crippen LogP contribution in [0.5, 0.6) is 5.75 Å². The van der Waals surface area contributed by atoms with Gasteiger partial charge in [0.2, 0.25) is 0 Å². The standard InChI is InChI=1S/C21H23ClN4O2/c1-21(2,28-18-6-3-16(22)4-7-18)20(27)26-11-9-25(10-12-26)19-8-5-17(24)13-15(19)14-23/h3-8,13H,9-12,24H2,1-2H3. The van der Waals surface area contributed by atoms with E-state index in [1.54, 1.807) is 55.1 Å². The van der Waals surface area contributed by atoms with Crippen molar-refractivity contribution >= 4 is 28.9 Å². The third-order valence-electron chi connectivity index (χ3n) is 4.75. The van der Waals surface area contributed by atoms with Crippen molar-refractivity contribution in [3.63, 3.8) is 0 Å². The van der Waals surface area contributed by atoms with Crippen molar-refractivity contribution in [1.82, 2.24) is 4.90 Å². The van der Waals surface area contributed by atoms with Crippen molar-refractivity contribution in [2.24, 2.45) is 0 Å². The highest BCUT2D eigenvalue weighted by atomic mass is 35.5. The molecule has 146 valence electrons. The molecule has 2 N–H and O–H groups in total. The Morgan fingerprint density at radius 3 is 2.39 bits per heavy atom. The Labute approximate surface area is 170 Å². The van der Waals surface area contributed by atoms with E-state index < -0.39 is 5.60 Å². The van der Waals surface area contributed by atoms with Crippen LogP contribution in [0, 0.1) is 11.3 Å². The number of halogens is 1. The highest BCUT2D eigenvalue weighted by Crippen LogP contribution is 2.26. The number of carbonyl (C=O) groups is 1. The molecule has 0 saturated carbocycles. The third-order valence-corrected chi connectivity index (χ3v) is 5.00. The first kappa shape index (κ1) is 19.8. The van der Waals surface area contributed by atoms with E-state index >= 15 is 0 Å². The quantitative estimate of drug-likeness (QED) is 0.799. The maximum absolute atomic E-state index is 13.0. The second-order valence-electron chi connectivity index (χ2n) is 7.23. The minimum Gasteiger partial charge on any atom is -0.478 e. The zero-order chi connectivity index (χ0) is 20.3. The van der Waals surface area contributed by atoms with Crippen LogP contribution in [0.4, 0.5) is 11.4 Å². The molecule has 0 spiro atoms. The summed E-state index contributed by atoms with van der Waals surface area (Å²) in [6, 6.07) is 14.5. The Morgan fingerprint density at radius 1 is 1.14 bits per heavy atom. The summed E-state index contributed by atoms with van der Waals surface area (Å²) in [5, 5.41) is 9.97. The summed E-state index contributed by atoms with van der Waals surface area (Å²) in [7, 11) is 0. The number of nitriles is 1. The lowest BCUT2D eigenvalue weighted by molar-refractivity contribution is -0.145. The number of benzene rings is 2. The van der Waals surface area contributed by atoms with Crippen molar-refractivity contribution in [2.75, 3.05) is 36.8 Å². The van der Waals surface area contributed by atoms with Crippen molar-refractivity contribution in [2.45, 2.75) is 19.4 Å². The molecule has 1 aliphatic heterocycles. The molecule has 0 atom stereocenters. The Bertz CT molecular complexity index is 898. The van der Waals surface area contributed by atoms with E-state index in [2.05, 4.69) is 11.0 Å². The fourth-order valence-electron chi connectivity index (χ4n) is 3.29. The number of hydrogen-bond acceptors (Lipinski definition) is 5. The molecule has 2 aromatic rings. The van der Waals surface area contributed by atoms with Crippen LogP contribution in [0.3, 0.4) is 0 Å². The van der Waals surface area contributed by atoms with Gasteiger partial charge >= 0.3 is 0 Å². The average molecular weight is 399 g/mol. The summed E-state index contributed by atoms with van der Waals surface area (Å²) in [6.45, 7) is 5.93.